The van der Waals surface area contributed by atoms with Crippen LogP contribution in [0.1, 0.15) is 41.4 Å². The highest BCUT2D eigenvalue weighted by molar-refractivity contribution is 5.95. The molecule has 0 aliphatic heterocycles. The van der Waals surface area contributed by atoms with Crippen molar-refractivity contribution in [2.24, 2.45) is 0 Å². The Balaban J connectivity index is 1.75. The number of carbonyl (C=O) groups excluding carboxylic acids is 1. The van der Waals surface area contributed by atoms with Crippen LogP contribution in [0.3, 0.4) is 0 Å². The molecule has 0 saturated heterocycles. The van der Waals surface area contributed by atoms with Gasteiger partial charge in [-0.2, -0.15) is 0 Å². The zero-order valence-corrected chi connectivity index (χ0v) is 13.7. The number of nitrogens with one attached hydrogen (secondary N) is 1. The van der Waals surface area contributed by atoms with E-state index in [0.29, 0.717) is 12.6 Å². The molecular weight excluding hydrogens is 286 g/mol. The quantitative estimate of drug-likeness (QED) is 0.795. The van der Waals surface area contributed by atoms with Gasteiger partial charge in [0.15, 0.2) is 0 Å². The van der Waals surface area contributed by atoms with Crippen LogP contribution in [0.15, 0.2) is 48.8 Å². The predicted molar refractivity (Wildman–Crippen MR) is 92.5 cm³/mol. The van der Waals surface area contributed by atoms with Gasteiger partial charge in [-0.25, -0.2) is 4.98 Å². The molecule has 0 spiro atoms. The van der Waals surface area contributed by atoms with Crippen LogP contribution in [0.2, 0.25) is 0 Å². The number of rotatable bonds is 4. The minimum absolute atomic E-state index is 0.0455. The van der Waals surface area contributed by atoms with Gasteiger partial charge in [0.05, 0.1) is 17.4 Å². The summed E-state index contributed by atoms with van der Waals surface area (Å²) in [4.78, 5) is 16.7. The maximum atomic E-state index is 12.3. The number of aryl methyl sites for hydroxylation is 1. The van der Waals surface area contributed by atoms with Crippen molar-refractivity contribution in [3.8, 4) is 0 Å². The molecule has 0 atom stereocenters. The number of amides is 1. The van der Waals surface area contributed by atoms with Crippen molar-refractivity contribution >= 4 is 16.9 Å². The van der Waals surface area contributed by atoms with Crippen LogP contribution in [0.4, 0.5) is 0 Å². The molecule has 0 fully saturated rings. The molecule has 118 valence electrons. The standard InChI is InChI=1S/C19H21N3O/c1-13(2)22-12-21-17-10-15(8-9-18(17)22)11-20-19(23)16-7-5-4-6-14(16)3/h4-10,12-13H,11H2,1-3H3,(H,20,23). The molecule has 1 heterocycles. The van der Waals surface area contributed by atoms with Crippen LogP contribution in [-0.2, 0) is 6.54 Å². The van der Waals surface area contributed by atoms with Gasteiger partial charge in [-0.05, 0) is 50.1 Å². The number of hydrogen-bond donors (Lipinski definition) is 1. The van der Waals surface area contributed by atoms with E-state index in [2.05, 4.69) is 34.8 Å². The number of fused-ring (bicyclic) bond motifs is 1. The second-order valence-corrected chi connectivity index (χ2v) is 6.07. The van der Waals surface area contributed by atoms with Gasteiger partial charge in [-0.1, -0.05) is 24.3 Å². The van der Waals surface area contributed by atoms with Crippen LogP contribution in [0, 0.1) is 6.92 Å². The molecule has 0 aliphatic carbocycles. The largest absolute Gasteiger partial charge is 0.348 e. The summed E-state index contributed by atoms with van der Waals surface area (Å²) in [6.07, 6.45) is 1.87. The lowest BCUT2D eigenvalue weighted by Crippen LogP contribution is -2.23. The van der Waals surface area contributed by atoms with E-state index >= 15 is 0 Å². The third-order valence-electron chi connectivity index (χ3n) is 4.04. The molecule has 2 aromatic carbocycles. The Morgan fingerprint density at radius 1 is 1.22 bits per heavy atom. The molecular formula is C19H21N3O. The fourth-order valence-corrected chi connectivity index (χ4v) is 2.70. The lowest BCUT2D eigenvalue weighted by molar-refractivity contribution is 0.0950. The molecule has 4 heteroatoms. The summed E-state index contributed by atoms with van der Waals surface area (Å²) in [6, 6.07) is 14.1. The summed E-state index contributed by atoms with van der Waals surface area (Å²) >= 11 is 0. The number of imidazole rings is 1. The third kappa shape index (κ3) is 3.11. The monoisotopic (exact) mass is 307 g/mol. The number of aromatic nitrogens is 2. The maximum Gasteiger partial charge on any atom is 0.251 e. The molecule has 0 radical (unpaired) electrons. The summed E-state index contributed by atoms with van der Waals surface area (Å²) in [5.74, 6) is -0.0455. The van der Waals surface area contributed by atoms with Crippen molar-refractivity contribution in [2.45, 2.75) is 33.4 Å². The van der Waals surface area contributed by atoms with Crippen LogP contribution in [-0.4, -0.2) is 15.5 Å². The topological polar surface area (TPSA) is 46.9 Å². The van der Waals surface area contributed by atoms with E-state index in [1.165, 1.54) is 0 Å². The number of carbonyl (C=O) groups is 1. The van der Waals surface area contributed by atoms with E-state index < -0.39 is 0 Å². The summed E-state index contributed by atoms with van der Waals surface area (Å²) in [6.45, 7) is 6.71. The van der Waals surface area contributed by atoms with Gasteiger partial charge < -0.3 is 9.88 Å². The van der Waals surface area contributed by atoms with E-state index in [-0.39, 0.29) is 5.91 Å². The highest BCUT2D eigenvalue weighted by Crippen LogP contribution is 2.19. The second kappa shape index (κ2) is 6.24. The first-order valence-corrected chi connectivity index (χ1v) is 7.85. The van der Waals surface area contributed by atoms with Crippen LogP contribution in [0.25, 0.3) is 11.0 Å². The zero-order chi connectivity index (χ0) is 16.4. The lowest BCUT2D eigenvalue weighted by atomic mass is 10.1. The molecule has 0 unspecified atom stereocenters. The lowest BCUT2D eigenvalue weighted by Gasteiger charge is -2.09. The Morgan fingerprint density at radius 3 is 2.74 bits per heavy atom. The highest BCUT2D eigenvalue weighted by Gasteiger charge is 2.09. The minimum Gasteiger partial charge on any atom is -0.348 e. The first-order chi connectivity index (χ1) is 11.1. The Bertz CT molecular complexity index is 849. The average Bonchev–Trinajstić information content (AvgIpc) is 2.96. The van der Waals surface area contributed by atoms with E-state index in [1.807, 2.05) is 49.6 Å². The first kappa shape index (κ1) is 15.3. The van der Waals surface area contributed by atoms with Crippen LogP contribution in [0.5, 0.6) is 0 Å². The van der Waals surface area contributed by atoms with Gasteiger partial charge in [0.2, 0.25) is 0 Å². The van der Waals surface area contributed by atoms with E-state index in [0.717, 1.165) is 27.7 Å². The van der Waals surface area contributed by atoms with Gasteiger partial charge in [0.1, 0.15) is 0 Å². The minimum atomic E-state index is -0.0455. The SMILES string of the molecule is Cc1ccccc1C(=O)NCc1ccc2c(c1)ncn2C(C)C. The third-order valence-corrected chi connectivity index (χ3v) is 4.04. The molecule has 23 heavy (non-hydrogen) atoms. The van der Waals surface area contributed by atoms with Crippen LogP contribution < -0.4 is 5.32 Å². The number of hydrogen-bond acceptors (Lipinski definition) is 2. The van der Waals surface area contributed by atoms with E-state index in [9.17, 15) is 4.79 Å². The van der Waals surface area contributed by atoms with Gasteiger partial charge >= 0.3 is 0 Å². The predicted octanol–water partition coefficient (Wildman–Crippen LogP) is 3.86. The smallest absolute Gasteiger partial charge is 0.251 e. The Morgan fingerprint density at radius 2 is 2.00 bits per heavy atom. The molecule has 4 nitrogen and oxygen atoms in total. The molecule has 1 aromatic heterocycles. The van der Waals surface area contributed by atoms with Crippen molar-refractivity contribution < 1.29 is 4.79 Å². The summed E-state index contributed by atoms with van der Waals surface area (Å²) in [5.41, 5.74) is 4.83. The zero-order valence-electron chi connectivity index (χ0n) is 13.7. The number of nitrogens with zero attached hydrogens (tertiary/aromatic N) is 2. The maximum absolute atomic E-state index is 12.3. The summed E-state index contributed by atoms with van der Waals surface area (Å²) in [5, 5.41) is 2.98. The molecule has 3 aromatic rings. The fourth-order valence-electron chi connectivity index (χ4n) is 2.70. The normalized spacial score (nSPS) is 11.1. The van der Waals surface area contributed by atoms with Crippen molar-refractivity contribution in [1.82, 2.24) is 14.9 Å². The highest BCUT2D eigenvalue weighted by atomic mass is 16.1. The van der Waals surface area contributed by atoms with Crippen molar-refractivity contribution in [2.75, 3.05) is 0 Å². The molecule has 3 rings (SSSR count). The van der Waals surface area contributed by atoms with Crippen LogP contribution >= 0.6 is 0 Å². The molecule has 0 saturated carbocycles. The Labute approximate surface area is 136 Å². The Kier molecular flexibility index (Phi) is 4.15. The average molecular weight is 307 g/mol. The summed E-state index contributed by atoms with van der Waals surface area (Å²) < 4.78 is 2.14. The second-order valence-electron chi connectivity index (χ2n) is 6.07. The first-order valence-electron chi connectivity index (χ1n) is 7.85. The molecule has 0 bridgehead atoms. The summed E-state index contributed by atoms with van der Waals surface area (Å²) in [7, 11) is 0. The number of benzene rings is 2. The molecule has 1 N–H and O–H groups in total. The van der Waals surface area contributed by atoms with Gasteiger partial charge in [0.25, 0.3) is 5.91 Å². The van der Waals surface area contributed by atoms with Crippen molar-refractivity contribution in [3.05, 3.63) is 65.5 Å². The molecule has 1 amide bonds. The van der Waals surface area contributed by atoms with Gasteiger partial charge in [-0.3, -0.25) is 4.79 Å². The van der Waals surface area contributed by atoms with Gasteiger partial charge in [-0.15, -0.1) is 0 Å². The Hall–Kier alpha value is -2.62. The van der Waals surface area contributed by atoms with Gasteiger partial charge in [0, 0.05) is 18.2 Å². The van der Waals surface area contributed by atoms with Crippen molar-refractivity contribution in [1.29, 1.82) is 0 Å². The fraction of sp³-hybridized carbons (Fsp3) is 0.263. The van der Waals surface area contributed by atoms with E-state index in [1.54, 1.807) is 0 Å². The van der Waals surface area contributed by atoms with E-state index in [4.69, 9.17) is 0 Å². The van der Waals surface area contributed by atoms with Crippen molar-refractivity contribution in [3.63, 3.8) is 0 Å². The molecule has 0 aliphatic rings.